The number of aliphatic hydroxyl groups is 4. The molecular formula is C57H75N7O13. The molecule has 4 aliphatic rings. The van der Waals surface area contributed by atoms with E-state index in [4.69, 9.17) is 23.9 Å². The minimum absolute atomic E-state index is 0.0391. The van der Waals surface area contributed by atoms with Gasteiger partial charge in [-0.15, -0.1) is 0 Å². The number of pyridine rings is 1. The van der Waals surface area contributed by atoms with E-state index in [-0.39, 0.29) is 50.3 Å². The van der Waals surface area contributed by atoms with Crippen LogP contribution in [0, 0.1) is 17.3 Å². The van der Waals surface area contributed by atoms with Crippen LogP contribution in [-0.4, -0.2) is 170 Å². The maximum absolute atomic E-state index is 15.1. The number of aromatic nitrogens is 2. The molecule has 2 aromatic heterocycles. The van der Waals surface area contributed by atoms with Crippen LogP contribution in [0.2, 0.25) is 0 Å². The second-order valence-electron chi connectivity index (χ2n) is 22.2. The summed E-state index contributed by atoms with van der Waals surface area (Å²) in [7, 11) is 3.17. The van der Waals surface area contributed by atoms with E-state index in [2.05, 4.69) is 34.9 Å². The van der Waals surface area contributed by atoms with Crippen LogP contribution >= 0.6 is 0 Å². The minimum atomic E-state index is -2.18. The average molecular weight is 1070 g/mol. The van der Waals surface area contributed by atoms with E-state index >= 15 is 4.79 Å². The second kappa shape index (κ2) is 23.4. The smallest absolute Gasteiger partial charge is 0.324 e. The number of likely N-dealkylation sites (N-methyl/N-ethyl adjacent to an activating group) is 1. The first-order chi connectivity index (χ1) is 36.6. The van der Waals surface area contributed by atoms with Crippen LogP contribution in [-0.2, 0) is 64.2 Å². The van der Waals surface area contributed by atoms with Crippen molar-refractivity contribution in [3.8, 4) is 28.1 Å². The highest BCUT2D eigenvalue weighted by Crippen LogP contribution is 2.42. The van der Waals surface area contributed by atoms with Crippen LogP contribution in [0.4, 0.5) is 0 Å². The van der Waals surface area contributed by atoms with Crippen molar-refractivity contribution in [1.29, 1.82) is 0 Å². The van der Waals surface area contributed by atoms with Crippen LogP contribution in [0.25, 0.3) is 33.3 Å². The molecule has 3 fully saturated rings. The van der Waals surface area contributed by atoms with E-state index in [0.29, 0.717) is 55.5 Å². The zero-order chi connectivity index (χ0) is 55.7. The molecular weight excluding hydrogens is 991 g/mol. The molecule has 0 saturated carbocycles. The van der Waals surface area contributed by atoms with Gasteiger partial charge in [0.1, 0.15) is 42.2 Å². The third-order valence-corrected chi connectivity index (χ3v) is 15.5. The summed E-state index contributed by atoms with van der Waals surface area (Å²) in [6, 6.07) is 11.9. The highest BCUT2D eigenvalue weighted by atomic mass is 16.7. The zero-order valence-corrected chi connectivity index (χ0v) is 45.4. The van der Waals surface area contributed by atoms with Crippen molar-refractivity contribution in [2.24, 2.45) is 17.3 Å². The molecule has 9 atom stereocenters. The molecule has 20 nitrogen and oxygen atoms in total. The van der Waals surface area contributed by atoms with Gasteiger partial charge in [-0.2, -0.15) is 0 Å². The Morgan fingerprint density at radius 1 is 1.06 bits per heavy atom. The molecule has 77 heavy (non-hydrogen) atoms. The number of amides is 4. The topological polar surface area (TPSA) is 255 Å². The van der Waals surface area contributed by atoms with E-state index in [1.807, 2.05) is 44.2 Å². The highest BCUT2D eigenvalue weighted by Gasteiger charge is 2.53. The molecule has 2 aromatic carbocycles. The minimum Gasteiger partial charge on any atom is -0.464 e. The number of rotatable bonds is 13. The number of nitrogens with one attached hydrogen (secondary N) is 2. The van der Waals surface area contributed by atoms with Crippen LogP contribution in [0.15, 0.2) is 67.4 Å². The number of ether oxygens (including phenoxy) is 4. The molecule has 6 bridgehead atoms. The fourth-order valence-electron chi connectivity index (χ4n) is 11.4. The third-order valence-electron chi connectivity index (χ3n) is 15.5. The third kappa shape index (κ3) is 11.8. The van der Waals surface area contributed by atoms with Crippen molar-refractivity contribution in [3.05, 3.63) is 84.2 Å². The number of carbonyl (C=O) groups excluding carboxylic acids is 5. The monoisotopic (exact) mass is 1070 g/mol. The largest absolute Gasteiger partial charge is 0.464 e. The Labute approximate surface area is 449 Å². The Bertz CT molecular complexity index is 2870. The van der Waals surface area contributed by atoms with Crippen molar-refractivity contribution in [2.45, 2.75) is 135 Å². The number of hydrogen-bond acceptors (Lipinski definition) is 15. The molecule has 1 unspecified atom stereocenters. The Balaban J connectivity index is 1.28. The Hall–Kier alpha value is -6.26. The standard InChI is InChI=1S/C57H75N7O13/c1-10-46(66)62-21-18-35(28-62)52(70)61(8)47(32(3)4)51(69)59-42-24-33-22-36(25-37(23-33)76-55-57(7,73)50(68)49(67)45(29-65)77-55)34-16-17-44-39(26-34)40(48(63(44)11-2)38-14-12-19-58-43(38)30-74-9)27-56(5,6)31-75-54(72)41-15-13-20-64(60-41)53(42)71/h10,12,14,16-17,19,22-23,25-26,32,35,41-42,45,47,49-50,55,60,65,67-68,73H,1,11,13,15,18,20-21,24,27-31H2,2-9H3,(H,59,69)/t35-,41-,42-,45+,47-,49+,50-,55?,57-/m0/s1. The second-order valence-corrected chi connectivity index (χ2v) is 22.2. The number of carbonyl (C=O) groups is 5. The van der Waals surface area contributed by atoms with Crippen molar-refractivity contribution in [2.75, 3.05) is 47.0 Å². The van der Waals surface area contributed by atoms with E-state index < -0.39 is 90.0 Å². The highest BCUT2D eigenvalue weighted by molar-refractivity contribution is 5.96. The average Bonchev–Trinajstić information content (AvgIpc) is 4.14. The van der Waals surface area contributed by atoms with Crippen molar-refractivity contribution in [3.63, 3.8) is 0 Å². The lowest BCUT2D eigenvalue weighted by Gasteiger charge is -2.45. The van der Waals surface area contributed by atoms with Crippen LogP contribution in [0.3, 0.4) is 0 Å². The van der Waals surface area contributed by atoms with Crippen molar-refractivity contribution in [1.82, 2.24) is 35.1 Å². The summed E-state index contributed by atoms with van der Waals surface area (Å²) in [5.41, 5.74) is 6.55. The van der Waals surface area contributed by atoms with Gasteiger partial charge in [-0.3, -0.25) is 34.0 Å². The molecule has 20 heteroatoms. The summed E-state index contributed by atoms with van der Waals surface area (Å²) in [5, 5.41) is 48.8. The number of nitrogens with zero attached hydrogens (tertiary/aromatic N) is 5. The first-order valence-electron chi connectivity index (χ1n) is 26.6. The lowest BCUT2D eigenvalue weighted by Crippen LogP contribution is -2.66. The summed E-state index contributed by atoms with van der Waals surface area (Å²) >= 11 is 0. The quantitative estimate of drug-likeness (QED) is 0.0831. The normalized spacial score (nSPS) is 26.2. The summed E-state index contributed by atoms with van der Waals surface area (Å²) < 4.78 is 26.3. The van der Waals surface area contributed by atoms with Gasteiger partial charge >= 0.3 is 5.97 Å². The number of methoxy groups -OCH3 is 1. The SMILES string of the molecule is C=CC(=O)N1CC[C@H](C(=O)N(C)[C@H](C(=O)N[C@H]2Cc3cc(OC4O[C@H](CO)[C@@H](O)[C@H](O)[C@]4(C)O)cc(c3)-c3ccc4c(c3)c(c(-c3cccnc3COC)n4CC)CC(C)(C)COC(=O)[C@@H]3CCCN(N3)C2=O)C(C)C)C1. The lowest BCUT2D eigenvalue weighted by atomic mass is 9.84. The van der Waals surface area contributed by atoms with Gasteiger partial charge in [0.25, 0.3) is 5.91 Å². The molecule has 3 saturated heterocycles. The van der Waals surface area contributed by atoms with Crippen molar-refractivity contribution >= 4 is 40.5 Å². The predicted octanol–water partition coefficient (Wildman–Crippen LogP) is 3.27. The number of hydrogen-bond donors (Lipinski definition) is 6. The molecule has 8 rings (SSSR count). The fourth-order valence-corrected chi connectivity index (χ4v) is 11.4. The summed E-state index contributed by atoms with van der Waals surface area (Å²) in [6.45, 7) is 15.5. The molecule has 416 valence electrons. The number of hydrazine groups is 1. The number of esters is 1. The predicted molar refractivity (Wildman–Crippen MR) is 284 cm³/mol. The van der Waals surface area contributed by atoms with Crippen LogP contribution < -0.4 is 15.5 Å². The molecule has 4 aliphatic heterocycles. The molecule has 6 heterocycles. The van der Waals surface area contributed by atoms with E-state index in [9.17, 15) is 39.6 Å². The zero-order valence-electron chi connectivity index (χ0n) is 45.4. The van der Waals surface area contributed by atoms with Gasteiger partial charge in [0.15, 0.2) is 5.60 Å². The number of likely N-dealkylation sites (tertiary alicyclic amines) is 1. The van der Waals surface area contributed by atoms with Gasteiger partial charge in [-0.1, -0.05) is 46.4 Å². The number of aryl methyl sites for hydroxylation is 1. The molecule has 6 N–H and O–H groups in total. The van der Waals surface area contributed by atoms with E-state index in [1.54, 1.807) is 51.2 Å². The van der Waals surface area contributed by atoms with E-state index in [1.165, 1.54) is 22.9 Å². The van der Waals surface area contributed by atoms with Gasteiger partial charge in [0.05, 0.1) is 37.1 Å². The Kier molecular flexibility index (Phi) is 17.3. The molecule has 4 aromatic rings. The van der Waals surface area contributed by atoms with Crippen molar-refractivity contribution < 1.29 is 63.3 Å². The van der Waals surface area contributed by atoms with Gasteiger partial charge in [0, 0.05) is 74.8 Å². The molecule has 0 aliphatic carbocycles. The molecule has 4 amide bonds. The molecule has 0 radical (unpaired) electrons. The van der Waals surface area contributed by atoms with Crippen LogP contribution in [0.1, 0.15) is 77.6 Å². The van der Waals surface area contributed by atoms with Gasteiger partial charge < -0.3 is 59.1 Å². The summed E-state index contributed by atoms with van der Waals surface area (Å²) in [5.74, 6) is -3.21. The number of aliphatic hydroxyl groups excluding tert-OH is 3. The first-order valence-corrected chi connectivity index (χ1v) is 26.6. The van der Waals surface area contributed by atoms with Gasteiger partial charge in [0.2, 0.25) is 24.0 Å². The summed E-state index contributed by atoms with van der Waals surface area (Å²) in [4.78, 5) is 78.3. The number of fused-ring (bicyclic) bond motifs is 6. The van der Waals surface area contributed by atoms with E-state index in [0.717, 1.165) is 33.4 Å². The van der Waals surface area contributed by atoms with Crippen LogP contribution in [0.5, 0.6) is 5.75 Å². The number of cyclic esters (lactones) is 1. The number of benzene rings is 2. The summed E-state index contributed by atoms with van der Waals surface area (Å²) in [6.07, 6.45) is -1.90. The van der Waals surface area contributed by atoms with Gasteiger partial charge in [-0.05, 0) is 110 Å². The lowest BCUT2D eigenvalue weighted by molar-refractivity contribution is -0.314. The maximum Gasteiger partial charge on any atom is 0.324 e. The maximum atomic E-state index is 15.1. The molecule has 0 spiro atoms. The van der Waals surface area contributed by atoms with Gasteiger partial charge in [-0.25, -0.2) is 5.43 Å². The Morgan fingerprint density at radius 3 is 2.53 bits per heavy atom. The first kappa shape index (κ1) is 56.9. The Morgan fingerprint density at radius 2 is 1.83 bits per heavy atom. The fraction of sp³-hybridized carbons (Fsp3) is 0.544.